The third kappa shape index (κ3) is 2.69. The quantitative estimate of drug-likeness (QED) is 0.680. The standard InChI is InChI=1S/C11H20N2O2/c1-13(9-3-4-9)10(14)7-12-8-11(15)5-2-6-11/h9,12,15H,2-8H2,1H3. The fourth-order valence-electron chi connectivity index (χ4n) is 1.95. The molecule has 0 aromatic heterocycles. The number of carbonyl (C=O) groups is 1. The van der Waals surface area contributed by atoms with Crippen LogP contribution in [0.3, 0.4) is 0 Å². The summed E-state index contributed by atoms with van der Waals surface area (Å²) in [4.78, 5) is 13.4. The molecule has 2 fully saturated rings. The monoisotopic (exact) mass is 212 g/mol. The van der Waals surface area contributed by atoms with Gasteiger partial charge >= 0.3 is 0 Å². The third-order valence-corrected chi connectivity index (χ3v) is 3.50. The molecule has 86 valence electrons. The van der Waals surface area contributed by atoms with Crippen LogP contribution < -0.4 is 5.32 Å². The summed E-state index contributed by atoms with van der Waals surface area (Å²) in [7, 11) is 1.86. The highest BCUT2D eigenvalue weighted by atomic mass is 16.3. The Balaban J connectivity index is 1.62. The molecular formula is C11H20N2O2. The minimum absolute atomic E-state index is 0.139. The van der Waals surface area contributed by atoms with E-state index in [1.807, 2.05) is 11.9 Å². The average Bonchev–Trinajstić information content (AvgIpc) is 2.97. The SMILES string of the molecule is CN(C(=O)CNCC1(O)CCC1)C1CC1. The van der Waals surface area contributed by atoms with Gasteiger partial charge in [0, 0.05) is 19.6 Å². The molecule has 0 aliphatic heterocycles. The lowest BCUT2D eigenvalue weighted by molar-refractivity contribution is -0.129. The number of amides is 1. The predicted octanol–water partition coefficient (Wildman–Crippen LogP) is 0.112. The second kappa shape index (κ2) is 4.10. The van der Waals surface area contributed by atoms with Gasteiger partial charge in [-0.3, -0.25) is 4.79 Å². The molecule has 0 saturated heterocycles. The molecule has 0 aromatic rings. The third-order valence-electron chi connectivity index (χ3n) is 3.50. The lowest BCUT2D eigenvalue weighted by Gasteiger charge is -2.36. The molecule has 0 bridgehead atoms. The highest BCUT2D eigenvalue weighted by Crippen LogP contribution is 2.30. The van der Waals surface area contributed by atoms with Crippen molar-refractivity contribution in [1.29, 1.82) is 0 Å². The fraction of sp³-hybridized carbons (Fsp3) is 0.909. The van der Waals surface area contributed by atoms with Crippen molar-refractivity contribution < 1.29 is 9.90 Å². The maximum atomic E-state index is 11.6. The van der Waals surface area contributed by atoms with Crippen LogP contribution >= 0.6 is 0 Å². The van der Waals surface area contributed by atoms with Gasteiger partial charge in [0.2, 0.25) is 5.91 Å². The smallest absolute Gasteiger partial charge is 0.236 e. The molecule has 0 heterocycles. The van der Waals surface area contributed by atoms with Gasteiger partial charge in [-0.15, -0.1) is 0 Å². The number of aliphatic hydroxyl groups is 1. The van der Waals surface area contributed by atoms with E-state index in [4.69, 9.17) is 0 Å². The molecule has 1 amide bonds. The van der Waals surface area contributed by atoms with Crippen LogP contribution in [0.5, 0.6) is 0 Å². The summed E-state index contributed by atoms with van der Waals surface area (Å²) in [6, 6.07) is 0.478. The van der Waals surface area contributed by atoms with Crippen LogP contribution in [0.25, 0.3) is 0 Å². The van der Waals surface area contributed by atoms with Crippen LogP contribution in [-0.4, -0.2) is 47.7 Å². The number of hydrogen-bond acceptors (Lipinski definition) is 3. The van der Waals surface area contributed by atoms with E-state index in [0.717, 1.165) is 32.1 Å². The number of hydrogen-bond donors (Lipinski definition) is 2. The van der Waals surface area contributed by atoms with Crippen LogP contribution in [-0.2, 0) is 4.79 Å². The molecular weight excluding hydrogens is 192 g/mol. The molecule has 2 saturated carbocycles. The van der Waals surface area contributed by atoms with Crippen molar-refractivity contribution >= 4 is 5.91 Å². The summed E-state index contributed by atoms with van der Waals surface area (Å²) < 4.78 is 0. The van der Waals surface area contributed by atoms with E-state index in [2.05, 4.69) is 5.32 Å². The molecule has 4 nitrogen and oxygen atoms in total. The summed E-state index contributed by atoms with van der Waals surface area (Å²) in [5, 5.41) is 12.8. The zero-order chi connectivity index (χ0) is 10.9. The molecule has 0 aromatic carbocycles. The average molecular weight is 212 g/mol. The van der Waals surface area contributed by atoms with E-state index < -0.39 is 5.60 Å². The molecule has 2 N–H and O–H groups in total. The van der Waals surface area contributed by atoms with E-state index in [1.54, 1.807) is 0 Å². The lowest BCUT2D eigenvalue weighted by Crippen LogP contribution is -2.48. The van der Waals surface area contributed by atoms with Crippen LogP contribution in [0.4, 0.5) is 0 Å². The fourth-order valence-corrected chi connectivity index (χ4v) is 1.95. The zero-order valence-corrected chi connectivity index (χ0v) is 9.33. The second-order valence-electron chi connectivity index (χ2n) is 4.92. The topological polar surface area (TPSA) is 52.6 Å². The van der Waals surface area contributed by atoms with E-state index in [9.17, 15) is 9.90 Å². The Morgan fingerprint density at radius 3 is 2.67 bits per heavy atom. The summed E-state index contributed by atoms with van der Waals surface area (Å²) in [6.45, 7) is 0.909. The van der Waals surface area contributed by atoms with Crippen molar-refractivity contribution in [1.82, 2.24) is 10.2 Å². The molecule has 2 aliphatic rings. The van der Waals surface area contributed by atoms with Crippen molar-refractivity contribution in [2.75, 3.05) is 20.1 Å². The van der Waals surface area contributed by atoms with Crippen LogP contribution in [0.1, 0.15) is 32.1 Å². The number of rotatable bonds is 5. The van der Waals surface area contributed by atoms with Crippen molar-refractivity contribution in [2.45, 2.75) is 43.7 Å². The number of nitrogens with zero attached hydrogens (tertiary/aromatic N) is 1. The van der Waals surface area contributed by atoms with Gasteiger partial charge in [-0.2, -0.15) is 0 Å². The first-order valence-electron chi connectivity index (χ1n) is 5.79. The first-order chi connectivity index (χ1) is 7.11. The van der Waals surface area contributed by atoms with Gasteiger partial charge in [0.25, 0.3) is 0 Å². The Hall–Kier alpha value is -0.610. The summed E-state index contributed by atoms with van der Waals surface area (Å²) in [5.41, 5.74) is -0.529. The van der Waals surface area contributed by atoms with Gasteiger partial charge in [0.05, 0.1) is 12.1 Å². The van der Waals surface area contributed by atoms with Crippen molar-refractivity contribution in [2.24, 2.45) is 0 Å². The maximum absolute atomic E-state index is 11.6. The Kier molecular flexibility index (Phi) is 2.98. The minimum atomic E-state index is -0.529. The molecule has 15 heavy (non-hydrogen) atoms. The number of carbonyl (C=O) groups excluding carboxylic acids is 1. The van der Waals surface area contributed by atoms with Crippen LogP contribution in [0.2, 0.25) is 0 Å². The molecule has 2 rings (SSSR count). The van der Waals surface area contributed by atoms with Crippen molar-refractivity contribution in [3.8, 4) is 0 Å². The highest BCUT2D eigenvalue weighted by Gasteiger charge is 2.34. The molecule has 0 spiro atoms. The van der Waals surface area contributed by atoms with Gasteiger partial charge in [-0.1, -0.05) is 0 Å². The normalized spacial score (nSPS) is 23.3. The maximum Gasteiger partial charge on any atom is 0.236 e. The zero-order valence-electron chi connectivity index (χ0n) is 9.33. The van der Waals surface area contributed by atoms with Crippen molar-refractivity contribution in [3.63, 3.8) is 0 Å². The largest absolute Gasteiger partial charge is 0.389 e. The van der Waals surface area contributed by atoms with Gasteiger partial charge in [-0.25, -0.2) is 0 Å². The van der Waals surface area contributed by atoms with Gasteiger partial charge in [0.1, 0.15) is 0 Å². The summed E-state index contributed by atoms with van der Waals surface area (Å²) in [5.74, 6) is 0.139. The van der Waals surface area contributed by atoms with Crippen LogP contribution in [0, 0.1) is 0 Å². The van der Waals surface area contributed by atoms with Gasteiger partial charge in [0.15, 0.2) is 0 Å². The number of nitrogens with one attached hydrogen (secondary N) is 1. The van der Waals surface area contributed by atoms with E-state index in [0.29, 0.717) is 19.1 Å². The van der Waals surface area contributed by atoms with Crippen LogP contribution in [0.15, 0.2) is 0 Å². The summed E-state index contributed by atoms with van der Waals surface area (Å²) in [6.07, 6.45) is 5.13. The van der Waals surface area contributed by atoms with E-state index >= 15 is 0 Å². The molecule has 0 unspecified atom stereocenters. The molecule has 4 heteroatoms. The lowest BCUT2D eigenvalue weighted by atomic mass is 9.80. The van der Waals surface area contributed by atoms with Crippen molar-refractivity contribution in [3.05, 3.63) is 0 Å². The second-order valence-corrected chi connectivity index (χ2v) is 4.92. The highest BCUT2D eigenvalue weighted by molar-refractivity contribution is 5.78. The Bertz CT molecular complexity index is 247. The van der Waals surface area contributed by atoms with Gasteiger partial charge < -0.3 is 15.3 Å². The molecule has 0 radical (unpaired) electrons. The molecule has 2 aliphatic carbocycles. The summed E-state index contributed by atoms with van der Waals surface area (Å²) >= 11 is 0. The Labute approximate surface area is 90.6 Å². The van der Waals surface area contributed by atoms with Gasteiger partial charge in [-0.05, 0) is 32.1 Å². The first-order valence-corrected chi connectivity index (χ1v) is 5.79. The van der Waals surface area contributed by atoms with E-state index in [1.165, 1.54) is 0 Å². The Morgan fingerprint density at radius 1 is 1.53 bits per heavy atom. The van der Waals surface area contributed by atoms with E-state index in [-0.39, 0.29) is 5.91 Å². The first kappa shape index (κ1) is 10.9. The molecule has 0 atom stereocenters. The minimum Gasteiger partial charge on any atom is -0.389 e. The number of likely N-dealkylation sites (N-methyl/N-ethyl adjacent to an activating group) is 1. The predicted molar refractivity (Wildman–Crippen MR) is 57.5 cm³/mol. The Morgan fingerprint density at radius 2 is 2.20 bits per heavy atom.